The molecule has 0 aromatic heterocycles. The molecule has 4 heteroatoms. The molecule has 0 aliphatic heterocycles. The molecule has 0 aromatic rings. The van der Waals surface area contributed by atoms with Crippen molar-refractivity contribution in [1.29, 1.82) is 0 Å². The van der Waals surface area contributed by atoms with Gasteiger partial charge >= 0.3 is 0 Å². The number of rotatable bonds is 2. The van der Waals surface area contributed by atoms with Crippen molar-refractivity contribution in [3.63, 3.8) is 0 Å². The van der Waals surface area contributed by atoms with Crippen LogP contribution in [0.25, 0.3) is 0 Å². The Bertz CT molecular complexity index is 279. The number of nitrogens with zero attached hydrogens (tertiary/aromatic N) is 1. The highest BCUT2D eigenvalue weighted by molar-refractivity contribution is 6.69. The Hall–Kier alpha value is -1.16. The molecule has 0 spiro atoms. The third-order valence-corrected chi connectivity index (χ3v) is 1.90. The van der Waals surface area contributed by atoms with Gasteiger partial charge in [-0.2, -0.15) is 0 Å². The minimum atomic E-state index is -1.60. The fourth-order valence-electron chi connectivity index (χ4n) is 0.697. The maximum absolute atomic E-state index is 10.7. The van der Waals surface area contributed by atoms with Crippen molar-refractivity contribution in [3.8, 4) is 0 Å². The molecule has 1 aliphatic carbocycles. The average molecular weight is 195 g/mol. The van der Waals surface area contributed by atoms with Gasteiger partial charge in [-0.15, -0.1) is 5.16 Å². The monoisotopic (exact) mass is 195 g/mol. The number of carbonyl (C=O) groups excluding carboxylic acids is 1. The highest BCUT2D eigenvalue weighted by Gasteiger charge is 2.15. The fourth-order valence-corrected chi connectivity index (χ4v) is 1.08. The molecular formula is C9H13NO2Si. The zero-order valence-electron chi connectivity index (χ0n) is 8.07. The number of allylic oxidation sites excluding steroid dienone is 4. The molecule has 3 nitrogen and oxygen atoms in total. The van der Waals surface area contributed by atoms with E-state index in [2.05, 4.69) is 24.8 Å². The Morgan fingerprint density at radius 3 is 2.15 bits per heavy atom. The molecule has 0 saturated carbocycles. The van der Waals surface area contributed by atoms with Gasteiger partial charge in [0.15, 0.2) is 5.78 Å². The van der Waals surface area contributed by atoms with Gasteiger partial charge in [0.25, 0.3) is 8.32 Å². The zero-order chi connectivity index (χ0) is 9.90. The van der Waals surface area contributed by atoms with E-state index in [0.717, 1.165) is 0 Å². The van der Waals surface area contributed by atoms with Crippen LogP contribution in [0, 0.1) is 0 Å². The van der Waals surface area contributed by atoms with Crippen molar-refractivity contribution in [3.05, 3.63) is 24.3 Å². The lowest BCUT2D eigenvalue weighted by molar-refractivity contribution is -0.110. The molecular weight excluding hydrogens is 182 g/mol. The second-order valence-corrected chi connectivity index (χ2v) is 8.20. The number of hydrogen-bond acceptors (Lipinski definition) is 3. The van der Waals surface area contributed by atoms with E-state index in [4.69, 9.17) is 4.53 Å². The van der Waals surface area contributed by atoms with Crippen molar-refractivity contribution in [2.45, 2.75) is 19.6 Å². The van der Waals surface area contributed by atoms with Crippen molar-refractivity contribution in [1.82, 2.24) is 0 Å². The van der Waals surface area contributed by atoms with E-state index < -0.39 is 8.32 Å². The summed E-state index contributed by atoms with van der Waals surface area (Å²) in [4.78, 5) is 10.7. The molecule has 0 heterocycles. The predicted molar refractivity (Wildman–Crippen MR) is 55.2 cm³/mol. The molecule has 0 bridgehead atoms. The standard InChI is InChI=1S/C9H13NO2Si/c1-13(2,3)12-10-8-4-6-9(11)7-5-8/h4-7H,1-3H3. The molecule has 70 valence electrons. The minimum absolute atomic E-state index is 0.00745. The van der Waals surface area contributed by atoms with Gasteiger partial charge < -0.3 is 4.53 Å². The van der Waals surface area contributed by atoms with Gasteiger partial charge in [-0.3, -0.25) is 4.79 Å². The molecule has 0 atom stereocenters. The van der Waals surface area contributed by atoms with E-state index in [1.165, 1.54) is 12.2 Å². The van der Waals surface area contributed by atoms with Gasteiger partial charge in [0.05, 0.1) is 0 Å². The second kappa shape index (κ2) is 3.70. The van der Waals surface area contributed by atoms with Crippen molar-refractivity contribution < 1.29 is 9.32 Å². The largest absolute Gasteiger partial charge is 0.455 e. The first-order valence-electron chi connectivity index (χ1n) is 4.14. The Morgan fingerprint density at radius 1 is 1.15 bits per heavy atom. The summed E-state index contributed by atoms with van der Waals surface area (Å²) in [6, 6.07) is 0. The fraction of sp³-hybridized carbons (Fsp3) is 0.333. The van der Waals surface area contributed by atoms with Crippen LogP contribution in [0.1, 0.15) is 0 Å². The first-order valence-corrected chi connectivity index (χ1v) is 7.54. The van der Waals surface area contributed by atoms with Crippen molar-refractivity contribution >= 4 is 19.8 Å². The Kier molecular flexibility index (Phi) is 2.82. The molecule has 0 radical (unpaired) electrons. The number of hydrogen-bond donors (Lipinski definition) is 0. The smallest absolute Gasteiger partial charge is 0.278 e. The maximum atomic E-state index is 10.7. The Morgan fingerprint density at radius 2 is 1.69 bits per heavy atom. The van der Waals surface area contributed by atoms with Crippen LogP contribution in [0.5, 0.6) is 0 Å². The summed E-state index contributed by atoms with van der Waals surface area (Å²) >= 11 is 0. The average Bonchev–Trinajstić information content (AvgIpc) is 2.02. The van der Waals surface area contributed by atoms with Crippen LogP contribution in [-0.4, -0.2) is 19.8 Å². The quantitative estimate of drug-likeness (QED) is 0.383. The van der Waals surface area contributed by atoms with Gasteiger partial charge in [-0.05, 0) is 43.9 Å². The van der Waals surface area contributed by atoms with Crippen LogP contribution in [0.2, 0.25) is 19.6 Å². The summed E-state index contributed by atoms with van der Waals surface area (Å²) < 4.78 is 5.32. The predicted octanol–water partition coefficient (Wildman–Crippen LogP) is 1.89. The number of ketones is 1. The lowest BCUT2D eigenvalue weighted by Gasteiger charge is -2.13. The summed E-state index contributed by atoms with van der Waals surface area (Å²) in [6.45, 7) is 6.16. The lowest BCUT2D eigenvalue weighted by atomic mass is 10.2. The first-order chi connectivity index (χ1) is 5.97. The second-order valence-electron chi connectivity index (χ2n) is 3.79. The van der Waals surface area contributed by atoms with E-state index in [0.29, 0.717) is 5.71 Å². The van der Waals surface area contributed by atoms with Crippen LogP contribution in [-0.2, 0) is 9.32 Å². The topological polar surface area (TPSA) is 38.7 Å². The van der Waals surface area contributed by atoms with E-state index in [1.54, 1.807) is 12.2 Å². The minimum Gasteiger partial charge on any atom is -0.455 e. The summed E-state index contributed by atoms with van der Waals surface area (Å²) in [5.41, 5.74) is 0.696. The molecule has 0 saturated heterocycles. The van der Waals surface area contributed by atoms with Crippen LogP contribution < -0.4 is 0 Å². The SMILES string of the molecule is C[Si](C)(C)ON=C1C=CC(=O)C=C1. The molecule has 1 aliphatic rings. The summed E-state index contributed by atoms with van der Waals surface area (Å²) in [5.74, 6) is -0.00745. The molecule has 0 aromatic carbocycles. The molecule has 0 N–H and O–H groups in total. The normalized spacial score (nSPS) is 16.2. The summed E-state index contributed by atoms with van der Waals surface area (Å²) in [6.07, 6.45) is 6.27. The highest BCUT2D eigenvalue weighted by Crippen LogP contribution is 2.04. The van der Waals surface area contributed by atoms with Crippen LogP contribution in [0.15, 0.2) is 29.5 Å². The van der Waals surface area contributed by atoms with Gasteiger partial charge in [0.2, 0.25) is 0 Å². The van der Waals surface area contributed by atoms with E-state index in [1.807, 2.05) is 0 Å². The molecule has 13 heavy (non-hydrogen) atoms. The van der Waals surface area contributed by atoms with E-state index in [9.17, 15) is 4.79 Å². The van der Waals surface area contributed by atoms with E-state index in [-0.39, 0.29) is 5.78 Å². The van der Waals surface area contributed by atoms with Gasteiger partial charge in [-0.25, -0.2) is 0 Å². The molecule has 0 amide bonds. The summed E-state index contributed by atoms with van der Waals surface area (Å²) in [7, 11) is -1.60. The van der Waals surface area contributed by atoms with Gasteiger partial charge in [0.1, 0.15) is 5.71 Å². The lowest BCUT2D eigenvalue weighted by Crippen LogP contribution is -2.22. The van der Waals surface area contributed by atoms with Crippen molar-refractivity contribution in [2.24, 2.45) is 5.16 Å². The van der Waals surface area contributed by atoms with Crippen LogP contribution >= 0.6 is 0 Å². The maximum Gasteiger partial charge on any atom is 0.278 e. The summed E-state index contributed by atoms with van der Waals surface area (Å²) in [5, 5.41) is 3.94. The van der Waals surface area contributed by atoms with Crippen molar-refractivity contribution in [2.75, 3.05) is 0 Å². The number of carbonyl (C=O) groups is 1. The molecule has 0 fully saturated rings. The van der Waals surface area contributed by atoms with Crippen LogP contribution in [0.4, 0.5) is 0 Å². The highest BCUT2D eigenvalue weighted by atomic mass is 28.4. The molecule has 0 unspecified atom stereocenters. The Labute approximate surface area is 78.9 Å². The van der Waals surface area contributed by atoms with E-state index >= 15 is 0 Å². The molecule has 1 rings (SSSR count). The first kappa shape index (κ1) is 9.92. The Balaban J connectivity index is 2.60. The van der Waals surface area contributed by atoms with Gasteiger partial charge in [0, 0.05) is 0 Å². The number of oxime groups is 1. The third kappa shape index (κ3) is 3.84. The van der Waals surface area contributed by atoms with Crippen LogP contribution in [0.3, 0.4) is 0 Å². The zero-order valence-corrected chi connectivity index (χ0v) is 9.07. The third-order valence-electron chi connectivity index (χ3n) is 1.26. The van der Waals surface area contributed by atoms with Gasteiger partial charge in [-0.1, -0.05) is 0 Å².